The molecule has 1 aromatic heterocycles. The van der Waals surface area contributed by atoms with Crippen molar-refractivity contribution < 1.29 is 0 Å². The minimum atomic E-state index is 0.424. The van der Waals surface area contributed by atoms with E-state index in [2.05, 4.69) is 22.0 Å². The van der Waals surface area contributed by atoms with Crippen molar-refractivity contribution in [2.75, 3.05) is 0 Å². The van der Waals surface area contributed by atoms with E-state index < -0.39 is 0 Å². The molecule has 2 unspecified atom stereocenters. The first-order valence-corrected chi connectivity index (χ1v) is 7.15. The largest absolute Gasteiger partial charge is 0.328 e. The molecular weight excluding hydrogens is 222 g/mol. The lowest BCUT2D eigenvalue weighted by molar-refractivity contribution is 0.0244. The van der Waals surface area contributed by atoms with E-state index in [4.69, 9.17) is 5.73 Å². The van der Waals surface area contributed by atoms with Crippen LogP contribution in [-0.4, -0.2) is 28.0 Å². The Balaban J connectivity index is 1.73. The van der Waals surface area contributed by atoms with Crippen LogP contribution in [-0.2, 0) is 6.54 Å². The van der Waals surface area contributed by atoms with E-state index in [0.29, 0.717) is 18.1 Å². The number of hydrogen-bond acceptors (Lipinski definition) is 3. The third-order valence-electron chi connectivity index (χ3n) is 4.50. The fraction of sp³-hybridized carbons (Fsp3) is 0.667. The van der Waals surface area contributed by atoms with Crippen LogP contribution >= 0.6 is 0 Å². The third-order valence-corrected chi connectivity index (χ3v) is 4.50. The average Bonchev–Trinajstić information content (AvgIpc) is 2.33. The van der Waals surface area contributed by atoms with Gasteiger partial charge in [-0.2, -0.15) is 0 Å². The number of nitrogens with zero attached hydrogens (tertiary/aromatic N) is 2. The predicted molar refractivity (Wildman–Crippen MR) is 73.2 cm³/mol. The molecule has 0 aliphatic carbocycles. The van der Waals surface area contributed by atoms with Crippen molar-refractivity contribution >= 4 is 0 Å². The quantitative estimate of drug-likeness (QED) is 0.869. The first-order valence-electron chi connectivity index (χ1n) is 7.15. The van der Waals surface area contributed by atoms with Crippen molar-refractivity contribution in [3.63, 3.8) is 0 Å². The molecule has 3 rings (SSSR count). The molecule has 2 aliphatic heterocycles. The van der Waals surface area contributed by atoms with E-state index >= 15 is 0 Å². The van der Waals surface area contributed by atoms with Crippen molar-refractivity contribution in [2.45, 2.75) is 63.7 Å². The Kier molecular flexibility index (Phi) is 3.35. The van der Waals surface area contributed by atoms with Crippen molar-refractivity contribution in [3.05, 3.63) is 29.6 Å². The number of rotatable bonds is 2. The minimum absolute atomic E-state index is 0.424. The van der Waals surface area contributed by atoms with Gasteiger partial charge in [-0.1, -0.05) is 12.5 Å². The molecule has 2 fully saturated rings. The summed E-state index contributed by atoms with van der Waals surface area (Å²) in [5.74, 6) is 0. The lowest BCUT2D eigenvalue weighted by Crippen LogP contribution is -2.54. The molecule has 2 atom stereocenters. The Morgan fingerprint density at radius 3 is 2.61 bits per heavy atom. The number of hydrogen-bond donors (Lipinski definition) is 1. The summed E-state index contributed by atoms with van der Waals surface area (Å²) in [5, 5.41) is 0. The zero-order valence-electron chi connectivity index (χ0n) is 11.2. The molecule has 18 heavy (non-hydrogen) atoms. The van der Waals surface area contributed by atoms with Crippen LogP contribution < -0.4 is 5.73 Å². The topological polar surface area (TPSA) is 42.1 Å². The van der Waals surface area contributed by atoms with Crippen molar-refractivity contribution in [2.24, 2.45) is 5.73 Å². The molecule has 0 aromatic carbocycles. The summed E-state index contributed by atoms with van der Waals surface area (Å²) in [5.41, 5.74) is 8.60. The molecule has 0 spiro atoms. The van der Waals surface area contributed by atoms with E-state index in [1.54, 1.807) is 0 Å². The zero-order valence-corrected chi connectivity index (χ0v) is 11.2. The van der Waals surface area contributed by atoms with Gasteiger partial charge in [0.05, 0.1) is 0 Å². The summed E-state index contributed by atoms with van der Waals surface area (Å²) in [6, 6.07) is 6.16. The van der Waals surface area contributed by atoms with Crippen LogP contribution in [0.2, 0.25) is 0 Å². The van der Waals surface area contributed by atoms with Crippen LogP contribution in [0.15, 0.2) is 18.3 Å². The van der Waals surface area contributed by atoms with Gasteiger partial charge in [0.2, 0.25) is 0 Å². The second-order valence-electron chi connectivity index (χ2n) is 5.95. The third kappa shape index (κ3) is 2.43. The van der Waals surface area contributed by atoms with Crippen LogP contribution in [0.4, 0.5) is 0 Å². The molecule has 1 aromatic rings. The number of piperidine rings is 2. The molecular formula is C15H23N3. The molecule has 2 aliphatic rings. The summed E-state index contributed by atoms with van der Waals surface area (Å²) in [7, 11) is 0. The van der Waals surface area contributed by atoms with Gasteiger partial charge >= 0.3 is 0 Å². The molecule has 2 saturated heterocycles. The maximum atomic E-state index is 6.16. The lowest BCUT2D eigenvalue weighted by atomic mass is 9.82. The molecule has 98 valence electrons. The monoisotopic (exact) mass is 245 g/mol. The average molecular weight is 245 g/mol. The highest BCUT2D eigenvalue weighted by Crippen LogP contribution is 2.34. The van der Waals surface area contributed by atoms with E-state index in [9.17, 15) is 0 Å². The van der Waals surface area contributed by atoms with Crippen LogP contribution in [0, 0.1) is 6.92 Å². The SMILES string of the molecule is Cc1ccc(CN2C3CCCC2CC(N)C3)cn1. The zero-order chi connectivity index (χ0) is 12.5. The van der Waals surface area contributed by atoms with Crippen molar-refractivity contribution in [1.82, 2.24) is 9.88 Å². The molecule has 3 heterocycles. The fourth-order valence-electron chi connectivity index (χ4n) is 3.58. The summed E-state index contributed by atoms with van der Waals surface area (Å²) in [4.78, 5) is 7.08. The number of aryl methyl sites for hydroxylation is 1. The second-order valence-corrected chi connectivity index (χ2v) is 5.95. The Bertz CT molecular complexity index is 387. The second kappa shape index (κ2) is 4.98. The highest BCUT2D eigenvalue weighted by atomic mass is 15.2. The highest BCUT2D eigenvalue weighted by Gasteiger charge is 2.36. The van der Waals surface area contributed by atoms with Crippen LogP contribution in [0.1, 0.15) is 43.4 Å². The Morgan fingerprint density at radius 1 is 1.28 bits per heavy atom. The van der Waals surface area contributed by atoms with E-state index in [0.717, 1.165) is 12.2 Å². The standard InChI is InChI=1S/C15H23N3/c1-11-5-6-12(9-17-11)10-18-14-3-2-4-15(18)8-13(16)7-14/h5-6,9,13-15H,2-4,7-8,10,16H2,1H3. The maximum Gasteiger partial charge on any atom is 0.0372 e. The number of nitrogens with two attached hydrogens (primary N) is 1. The molecule has 2 bridgehead atoms. The van der Waals surface area contributed by atoms with Crippen molar-refractivity contribution in [3.8, 4) is 0 Å². The van der Waals surface area contributed by atoms with Gasteiger partial charge in [-0.15, -0.1) is 0 Å². The Hall–Kier alpha value is -0.930. The summed E-state index contributed by atoms with van der Waals surface area (Å²) in [6.45, 7) is 3.09. The molecule has 0 amide bonds. The first kappa shape index (κ1) is 12.1. The maximum absolute atomic E-state index is 6.16. The van der Waals surface area contributed by atoms with Crippen LogP contribution in [0.5, 0.6) is 0 Å². The number of pyridine rings is 1. The molecule has 3 heteroatoms. The summed E-state index contributed by atoms with van der Waals surface area (Å²) >= 11 is 0. The minimum Gasteiger partial charge on any atom is -0.328 e. The Labute approximate surface area is 109 Å². The van der Waals surface area contributed by atoms with E-state index in [-0.39, 0.29) is 0 Å². The number of fused-ring (bicyclic) bond motifs is 2. The smallest absolute Gasteiger partial charge is 0.0372 e. The number of aromatic nitrogens is 1. The van der Waals surface area contributed by atoms with Gasteiger partial charge in [0.15, 0.2) is 0 Å². The highest BCUT2D eigenvalue weighted by molar-refractivity contribution is 5.14. The molecule has 0 radical (unpaired) electrons. The van der Waals surface area contributed by atoms with Gasteiger partial charge in [-0.05, 0) is 44.2 Å². The van der Waals surface area contributed by atoms with Gasteiger partial charge in [0.25, 0.3) is 0 Å². The first-order chi connectivity index (χ1) is 8.72. The van der Waals surface area contributed by atoms with E-state index in [1.807, 2.05) is 13.1 Å². The van der Waals surface area contributed by atoms with Gasteiger partial charge in [-0.25, -0.2) is 0 Å². The van der Waals surface area contributed by atoms with E-state index in [1.165, 1.54) is 37.7 Å². The van der Waals surface area contributed by atoms with Gasteiger partial charge in [0, 0.05) is 36.6 Å². The fourth-order valence-corrected chi connectivity index (χ4v) is 3.58. The van der Waals surface area contributed by atoms with Gasteiger partial charge in [-0.3, -0.25) is 9.88 Å². The summed E-state index contributed by atoms with van der Waals surface area (Å²) in [6.07, 6.45) is 8.41. The molecule has 0 saturated carbocycles. The van der Waals surface area contributed by atoms with Crippen molar-refractivity contribution in [1.29, 1.82) is 0 Å². The van der Waals surface area contributed by atoms with Crippen LogP contribution in [0.3, 0.4) is 0 Å². The Morgan fingerprint density at radius 2 is 2.00 bits per heavy atom. The lowest BCUT2D eigenvalue weighted by Gasteiger charge is -2.48. The molecule has 2 N–H and O–H groups in total. The van der Waals surface area contributed by atoms with Gasteiger partial charge in [0.1, 0.15) is 0 Å². The predicted octanol–water partition coefficient (Wildman–Crippen LogP) is 2.23. The van der Waals surface area contributed by atoms with Gasteiger partial charge < -0.3 is 5.73 Å². The molecule has 3 nitrogen and oxygen atoms in total. The van der Waals surface area contributed by atoms with Crippen LogP contribution in [0.25, 0.3) is 0 Å². The summed E-state index contributed by atoms with van der Waals surface area (Å²) < 4.78 is 0. The normalized spacial score (nSPS) is 32.4.